The van der Waals surface area contributed by atoms with Crippen molar-refractivity contribution >= 4 is 11.8 Å². The van der Waals surface area contributed by atoms with Crippen molar-refractivity contribution in [3.8, 4) is 0 Å². The summed E-state index contributed by atoms with van der Waals surface area (Å²) in [6.45, 7) is 5.54. The molecule has 2 rings (SSSR count). The Morgan fingerprint density at radius 2 is 2.36 bits per heavy atom. The van der Waals surface area contributed by atoms with Crippen LogP contribution in [0.1, 0.15) is 26.7 Å². The second-order valence-electron chi connectivity index (χ2n) is 4.12. The number of likely N-dealkylation sites (tertiary alicyclic amines) is 1. The molecular formula is C10H16N2O2. The highest BCUT2D eigenvalue weighted by Crippen LogP contribution is 2.22. The van der Waals surface area contributed by atoms with E-state index < -0.39 is 0 Å². The highest BCUT2D eigenvalue weighted by Gasteiger charge is 2.34. The lowest BCUT2D eigenvalue weighted by Crippen LogP contribution is -2.40. The van der Waals surface area contributed by atoms with Gasteiger partial charge >= 0.3 is 0 Å². The van der Waals surface area contributed by atoms with Gasteiger partial charge in [0.1, 0.15) is 0 Å². The third-order valence-electron chi connectivity index (χ3n) is 2.82. The Bertz CT molecular complexity index is 273. The lowest BCUT2D eigenvalue weighted by Gasteiger charge is -2.27. The minimum atomic E-state index is -0.143. The van der Waals surface area contributed by atoms with Crippen LogP contribution < -0.4 is 0 Å². The van der Waals surface area contributed by atoms with Crippen LogP contribution in [0.15, 0.2) is 4.99 Å². The molecule has 0 aromatic carbocycles. The van der Waals surface area contributed by atoms with Crippen molar-refractivity contribution in [2.45, 2.75) is 38.8 Å². The van der Waals surface area contributed by atoms with E-state index in [0.717, 1.165) is 13.0 Å². The summed E-state index contributed by atoms with van der Waals surface area (Å²) >= 11 is 0. The molecule has 0 aliphatic carbocycles. The Labute approximate surface area is 83.9 Å². The normalized spacial score (nSPS) is 28.4. The molecule has 2 aliphatic rings. The number of hydrogen-bond donors (Lipinski definition) is 0. The van der Waals surface area contributed by atoms with Gasteiger partial charge in [-0.3, -0.25) is 9.69 Å². The molecule has 0 spiro atoms. The van der Waals surface area contributed by atoms with Crippen molar-refractivity contribution < 1.29 is 9.53 Å². The maximum absolute atomic E-state index is 11.0. The minimum absolute atomic E-state index is 0.137. The highest BCUT2D eigenvalue weighted by molar-refractivity contribution is 5.99. The highest BCUT2D eigenvalue weighted by atomic mass is 16.5. The molecule has 1 saturated heterocycles. The van der Waals surface area contributed by atoms with Gasteiger partial charge in [0.05, 0.1) is 6.04 Å². The zero-order valence-electron chi connectivity index (χ0n) is 8.69. The van der Waals surface area contributed by atoms with Crippen LogP contribution in [0.25, 0.3) is 0 Å². The molecule has 0 unspecified atom stereocenters. The van der Waals surface area contributed by atoms with E-state index in [1.165, 1.54) is 6.42 Å². The number of amides is 1. The van der Waals surface area contributed by atoms with Gasteiger partial charge in [-0.25, -0.2) is 0 Å². The fourth-order valence-electron chi connectivity index (χ4n) is 2.17. The van der Waals surface area contributed by atoms with Crippen LogP contribution in [0.2, 0.25) is 0 Å². The van der Waals surface area contributed by atoms with Gasteiger partial charge < -0.3 is 4.74 Å². The summed E-state index contributed by atoms with van der Waals surface area (Å²) in [6.07, 6.45) is 2.23. The van der Waals surface area contributed by atoms with Crippen molar-refractivity contribution in [2.75, 3.05) is 13.2 Å². The van der Waals surface area contributed by atoms with Crippen LogP contribution in [0, 0.1) is 0 Å². The lowest BCUT2D eigenvalue weighted by molar-refractivity contribution is -0.118. The second-order valence-corrected chi connectivity index (χ2v) is 4.12. The zero-order valence-corrected chi connectivity index (χ0v) is 8.69. The molecule has 2 heterocycles. The summed E-state index contributed by atoms with van der Waals surface area (Å²) in [6, 6.07) is 0.728. The minimum Gasteiger partial charge on any atom is -0.469 e. The summed E-state index contributed by atoms with van der Waals surface area (Å²) in [5.74, 6) is 0.497. The fraction of sp³-hybridized carbons (Fsp3) is 0.800. The molecule has 78 valence electrons. The van der Waals surface area contributed by atoms with Gasteiger partial charge in [0.25, 0.3) is 5.91 Å². The summed E-state index contributed by atoms with van der Waals surface area (Å²) in [4.78, 5) is 17.2. The molecule has 1 amide bonds. The van der Waals surface area contributed by atoms with Crippen LogP contribution in [0.5, 0.6) is 0 Å². The number of rotatable bonds is 2. The first kappa shape index (κ1) is 9.65. The van der Waals surface area contributed by atoms with E-state index in [9.17, 15) is 4.79 Å². The topological polar surface area (TPSA) is 41.9 Å². The molecule has 1 atom stereocenters. The summed E-state index contributed by atoms with van der Waals surface area (Å²) in [5.41, 5.74) is 0. The maximum Gasteiger partial charge on any atom is 0.286 e. The number of carbonyl (C=O) groups is 1. The molecule has 0 saturated carbocycles. The van der Waals surface area contributed by atoms with Gasteiger partial charge in [-0.05, 0) is 33.2 Å². The third kappa shape index (κ3) is 1.66. The largest absolute Gasteiger partial charge is 0.469 e. The summed E-state index contributed by atoms with van der Waals surface area (Å²) in [5, 5.41) is 0. The quantitative estimate of drug-likeness (QED) is 0.656. The van der Waals surface area contributed by atoms with E-state index in [4.69, 9.17) is 4.74 Å². The Hall–Kier alpha value is -0.900. The molecule has 1 fully saturated rings. The lowest BCUT2D eigenvalue weighted by atomic mass is 10.2. The monoisotopic (exact) mass is 196 g/mol. The first-order chi connectivity index (χ1) is 6.68. The zero-order chi connectivity index (χ0) is 10.1. The molecule has 0 aromatic heterocycles. The van der Waals surface area contributed by atoms with Gasteiger partial charge in [0.15, 0.2) is 6.61 Å². The number of ether oxygens (including phenoxy) is 1. The molecule has 4 heteroatoms. The fourth-order valence-corrected chi connectivity index (χ4v) is 2.17. The molecular weight excluding hydrogens is 180 g/mol. The first-order valence-electron chi connectivity index (χ1n) is 5.18. The van der Waals surface area contributed by atoms with E-state index in [2.05, 4.69) is 23.7 Å². The van der Waals surface area contributed by atoms with Crippen molar-refractivity contribution in [2.24, 2.45) is 4.99 Å². The van der Waals surface area contributed by atoms with Gasteiger partial charge in [0.2, 0.25) is 5.90 Å². The van der Waals surface area contributed by atoms with E-state index in [-0.39, 0.29) is 18.6 Å². The molecule has 0 bridgehead atoms. The maximum atomic E-state index is 11.0. The van der Waals surface area contributed by atoms with Crippen LogP contribution in [0.3, 0.4) is 0 Å². The average molecular weight is 196 g/mol. The Balaban J connectivity index is 2.10. The Morgan fingerprint density at radius 1 is 1.57 bits per heavy atom. The Morgan fingerprint density at radius 3 is 2.93 bits per heavy atom. The van der Waals surface area contributed by atoms with E-state index in [1.54, 1.807) is 0 Å². The predicted molar refractivity (Wildman–Crippen MR) is 53.3 cm³/mol. The van der Waals surface area contributed by atoms with Crippen molar-refractivity contribution in [3.05, 3.63) is 0 Å². The van der Waals surface area contributed by atoms with Gasteiger partial charge in [0, 0.05) is 6.04 Å². The van der Waals surface area contributed by atoms with Gasteiger partial charge in [-0.1, -0.05) is 0 Å². The second kappa shape index (κ2) is 3.69. The summed E-state index contributed by atoms with van der Waals surface area (Å²) in [7, 11) is 0. The Kier molecular flexibility index (Phi) is 2.54. The average Bonchev–Trinajstić information content (AvgIpc) is 2.70. The van der Waals surface area contributed by atoms with Crippen LogP contribution in [0.4, 0.5) is 0 Å². The predicted octanol–water partition coefficient (Wildman–Crippen LogP) is 0.815. The standard InChI is InChI=1S/C10H16N2O2/c1-7(2)12-5-3-4-8(12)10-11-9(13)6-14-10/h7-8H,3-6H2,1-2H3/t8-/m0/s1. The first-order valence-corrected chi connectivity index (χ1v) is 5.18. The van der Waals surface area contributed by atoms with Crippen LogP contribution in [-0.2, 0) is 9.53 Å². The van der Waals surface area contributed by atoms with E-state index in [0.29, 0.717) is 11.9 Å². The summed E-state index contributed by atoms with van der Waals surface area (Å²) < 4.78 is 5.29. The van der Waals surface area contributed by atoms with Crippen molar-refractivity contribution in [1.29, 1.82) is 0 Å². The number of hydrogen-bond acceptors (Lipinski definition) is 3. The molecule has 0 radical (unpaired) electrons. The van der Waals surface area contributed by atoms with Gasteiger partial charge in [-0.2, -0.15) is 4.99 Å². The SMILES string of the molecule is CC(C)N1CCC[C@H]1C1=NC(=O)CO1. The molecule has 14 heavy (non-hydrogen) atoms. The number of aliphatic imine (C=N–C) groups is 1. The molecule has 0 N–H and O–H groups in total. The van der Waals surface area contributed by atoms with Gasteiger partial charge in [-0.15, -0.1) is 0 Å². The van der Waals surface area contributed by atoms with E-state index >= 15 is 0 Å². The van der Waals surface area contributed by atoms with Crippen molar-refractivity contribution in [3.63, 3.8) is 0 Å². The third-order valence-corrected chi connectivity index (χ3v) is 2.82. The van der Waals surface area contributed by atoms with E-state index in [1.807, 2.05) is 0 Å². The molecule has 2 aliphatic heterocycles. The van der Waals surface area contributed by atoms with Crippen LogP contribution >= 0.6 is 0 Å². The number of nitrogens with zero attached hydrogens (tertiary/aromatic N) is 2. The smallest absolute Gasteiger partial charge is 0.286 e. The van der Waals surface area contributed by atoms with Crippen molar-refractivity contribution in [1.82, 2.24) is 4.90 Å². The molecule has 0 aromatic rings. The molecule has 4 nitrogen and oxygen atoms in total. The number of carbonyl (C=O) groups excluding carboxylic acids is 1. The van der Waals surface area contributed by atoms with Crippen LogP contribution in [-0.4, -0.2) is 41.9 Å².